The van der Waals surface area contributed by atoms with Crippen molar-refractivity contribution < 1.29 is 18.8 Å². The molecule has 0 radical (unpaired) electrons. The van der Waals surface area contributed by atoms with Gasteiger partial charge in [-0.25, -0.2) is 4.39 Å². The van der Waals surface area contributed by atoms with E-state index < -0.39 is 11.5 Å². The Morgan fingerprint density at radius 1 is 1.24 bits per heavy atom. The number of hydrogen-bond donors (Lipinski definition) is 2. The lowest BCUT2D eigenvalue weighted by molar-refractivity contribution is -0.133. The van der Waals surface area contributed by atoms with Crippen LogP contribution in [0.5, 0.6) is 0 Å². The average molecular weight is 395 g/mol. The monoisotopic (exact) mass is 395 g/mol. The SMILES string of the molecule is CC1(C)C(=O)Nc2ccc(NC(=O)C3CCC(=O)N3Cc3cccc(F)c3)cc21. The molecule has 29 heavy (non-hydrogen) atoms. The van der Waals surface area contributed by atoms with Crippen molar-refractivity contribution in [3.63, 3.8) is 0 Å². The largest absolute Gasteiger partial charge is 0.326 e. The van der Waals surface area contributed by atoms with E-state index in [1.807, 2.05) is 13.8 Å². The summed E-state index contributed by atoms with van der Waals surface area (Å²) in [6.45, 7) is 3.84. The van der Waals surface area contributed by atoms with Gasteiger partial charge >= 0.3 is 0 Å². The van der Waals surface area contributed by atoms with Gasteiger partial charge in [0.15, 0.2) is 0 Å². The lowest BCUT2D eigenvalue weighted by Gasteiger charge is -2.24. The minimum atomic E-state index is -0.678. The summed E-state index contributed by atoms with van der Waals surface area (Å²) < 4.78 is 13.5. The van der Waals surface area contributed by atoms with Gasteiger partial charge in [-0.05, 0) is 61.7 Å². The van der Waals surface area contributed by atoms with Gasteiger partial charge in [-0.2, -0.15) is 0 Å². The number of likely N-dealkylation sites (tertiary alicyclic amines) is 1. The van der Waals surface area contributed by atoms with Crippen molar-refractivity contribution in [2.75, 3.05) is 10.6 Å². The van der Waals surface area contributed by atoms with Gasteiger partial charge < -0.3 is 15.5 Å². The second-order valence-electron chi connectivity index (χ2n) is 8.03. The number of carbonyl (C=O) groups excluding carboxylic acids is 3. The molecule has 7 heteroatoms. The maximum atomic E-state index is 13.5. The number of rotatable bonds is 4. The van der Waals surface area contributed by atoms with Crippen LogP contribution >= 0.6 is 0 Å². The summed E-state index contributed by atoms with van der Waals surface area (Å²) in [6, 6.07) is 10.7. The summed E-state index contributed by atoms with van der Waals surface area (Å²) in [5.41, 5.74) is 2.09. The molecule has 1 saturated heterocycles. The van der Waals surface area contributed by atoms with Crippen LogP contribution in [0.25, 0.3) is 0 Å². The van der Waals surface area contributed by atoms with E-state index in [1.54, 1.807) is 30.3 Å². The van der Waals surface area contributed by atoms with Crippen molar-refractivity contribution in [3.05, 3.63) is 59.4 Å². The first-order valence-corrected chi connectivity index (χ1v) is 9.56. The average Bonchev–Trinajstić information content (AvgIpc) is 3.13. The summed E-state index contributed by atoms with van der Waals surface area (Å²) in [5, 5.41) is 5.70. The van der Waals surface area contributed by atoms with E-state index in [-0.39, 0.29) is 36.5 Å². The highest BCUT2D eigenvalue weighted by molar-refractivity contribution is 6.06. The highest BCUT2D eigenvalue weighted by Crippen LogP contribution is 2.38. The van der Waals surface area contributed by atoms with Crippen LogP contribution in [0.3, 0.4) is 0 Å². The topological polar surface area (TPSA) is 78.5 Å². The zero-order chi connectivity index (χ0) is 20.8. The summed E-state index contributed by atoms with van der Waals surface area (Å²) in [6.07, 6.45) is 0.694. The standard InChI is InChI=1S/C22H22FN3O3/c1-22(2)16-11-15(6-7-17(16)25-21(22)29)24-20(28)18-8-9-19(27)26(18)12-13-4-3-5-14(23)10-13/h3-7,10-11,18H,8-9,12H2,1-2H3,(H,24,28)(H,25,29). The van der Waals surface area contributed by atoms with Crippen molar-refractivity contribution >= 4 is 29.1 Å². The first-order valence-electron chi connectivity index (χ1n) is 9.56. The van der Waals surface area contributed by atoms with Gasteiger partial charge in [0.05, 0.1) is 5.41 Å². The molecule has 2 aliphatic rings. The molecule has 1 fully saturated rings. The predicted octanol–water partition coefficient (Wildman–Crippen LogP) is 3.19. The zero-order valence-corrected chi connectivity index (χ0v) is 16.3. The first kappa shape index (κ1) is 19.1. The van der Waals surface area contributed by atoms with Crippen LogP contribution in [-0.4, -0.2) is 28.7 Å². The molecule has 2 N–H and O–H groups in total. The van der Waals surface area contributed by atoms with E-state index in [0.717, 1.165) is 11.3 Å². The van der Waals surface area contributed by atoms with E-state index in [0.29, 0.717) is 17.7 Å². The lowest BCUT2D eigenvalue weighted by atomic mass is 9.86. The normalized spacial score (nSPS) is 19.8. The van der Waals surface area contributed by atoms with Crippen LogP contribution in [0.1, 0.15) is 37.8 Å². The maximum Gasteiger partial charge on any atom is 0.247 e. The summed E-state index contributed by atoms with van der Waals surface area (Å²) >= 11 is 0. The van der Waals surface area contributed by atoms with Gasteiger partial charge in [-0.3, -0.25) is 14.4 Å². The minimum Gasteiger partial charge on any atom is -0.326 e. The second-order valence-corrected chi connectivity index (χ2v) is 8.03. The van der Waals surface area contributed by atoms with Gasteiger partial charge in [0.25, 0.3) is 0 Å². The Bertz CT molecular complexity index is 1020. The maximum absolute atomic E-state index is 13.5. The Labute approximate surface area is 168 Å². The fourth-order valence-electron chi connectivity index (χ4n) is 3.91. The number of amides is 3. The molecule has 0 aliphatic carbocycles. The highest BCUT2D eigenvalue weighted by Gasteiger charge is 2.39. The Balaban J connectivity index is 1.51. The third-order valence-corrected chi connectivity index (χ3v) is 5.65. The van der Waals surface area contributed by atoms with Crippen molar-refractivity contribution in [1.29, 1.82) is 0 Å². The van der Waals surface area contributed by atoms with Crippen LogP contribution in [-0.2, 0) is 26.3 Å². The van der Waals surface area contributed by atoms with Crippen LogP contribution in [0, 0.1) is 5.82 Å². The summed E-state index contributed by atoms with van der Waals surface area (Å²) in [5.74, 6) is -0.876. The number of carbonyl (C=O) groups is 3. The first-order chi connectivity index (χ1) is 13.8. The third-order valence-electron chi connectivity index (χ3n) is 5.65. The molecule has 0 saturated carbocycles. The molecule has 3 amide bonds. The van der Waals surface area contributed by atoms with Crippen LogP contribution < -0.4 is 10.6 Å². The zero-order valence-electron chi connectivity index (χ0n) is 16.3. The highest BCUT2D eigenvalue weighted by atomic mass is 19.1. The third kappa shape index (κ3) is 3.48. The Kier molecular flexibility index (Phi) is 4.61. The van der Waals surface area contributed by atoms with E-state index >= 15 is 0 Å². The molecular formula is C22H22FN3O3. The molecule has 0 bridgehead atoms. The van der Waals surface area contributed by atoms with Gasteiger partial charge in [0, 0.05) is 24.3 Å². The Morgan fingerprint density at radius 3 is 2.79 bits per heavy atom. The molecule has 2 aliphatic heterocycles. The second kappa shape index (κ2) is 6.99. The van der Waals surface area contributed by atoms with Crippen molar-refractivity contribution in [1.82, 2.24) is 4.90 Å². The molecule has 2 aromatic rings. The fourth-order valence-corrected chi connectivity index (χ4v) is 3.91. The van der Waals surface area contributed by atoms with Crippen LogP contribution in [0.2, 0.25) is 0 Å². The predicted molar refractivity (Wildman–Crippen MR) is 107 cm³/mol. The number of halogens is 1. The van der Waals surface area contributed by atoms with Crippen LogP contribution in [0.15, 0.2) is 42.5 Å². The molecule has 150 valence electrons. The number of nitrogens with one attached hydrogen (secondary N) is 2. The van der Waals surface area contributed by atoms with Gasteiger partial charge in [-0.15, -0.1) is 0 Å². The molecule has 2 aromatic carbocycles. The van der Waals surface area contributed by atoms with Gasteiger partial charge in [0.2, 0.25) is 17.7 Å². The van der Waals surface area contributed by atoms with E-state index in [4.69, 9.17) is 0 Å². The lowest BCUT2D eigenvalue weighted by Crippen LogP contribution is -2.41. The molecule has 2 heterocycles. The number of anilines is 2. The summed E-state index contributed by atoms with van der Waals surface area (Å²) in [7, 11) is 0. The summed E-state index contributed by atoms with van der Waals surface area (Å²) in [4.78, 5) is 38.8. The van der Waals surface area contributed by atoms with Crippen molar-refractivity contribution in [3.8, 4) is 0 Å². The van der Waals surface area contributed by atoms with Crippen molar-refractivity contribution in [2.24, 2.45) is 0 Å². The molecule has 0 aromatic heterocycles. The fraction of sp³-hybridized carbons (Fsp3) is 0.318. The molecule has 0 spiro atoms. The quantitative estimate of drug-likeness (QED) is 0.835. The number of hydrogen-bond acceptors (Lipinski definition) is 3. The van der Waals surface area contributed by atoms with E-state index in [2.05, 4.69) is 10.6 Å². The molecule has 6 nitrogen and oxygen atoms in total. The Hall–Kier alpha value is -3.22. The van der Waals surface area contributed by atoms with E-state index in [1.165, 1.54) is 17.0 Å². The molecule has 1 atom stereocenters. The molecule has 4 rings (SSSR count). The van der Waals surface area contributed by atoms with Crippen molar-refractivity contribution in [2.45, 2.75) is 44.7 Å². The Morgan fingerprint density at radius 2 is 2.03 bits per heavy atom. The van der Waals surface area contributed by atoms with E-state index in [9.17, 15) is 18.8 Å². The van der Waals surface area contributed by atoms with Crippen LogP contribution in [0.4, 0.5) is 15.8 Å². The van der Waals surface area contributed by atoms with Gasteiger partial charge in [0.1, 0.15) is 11.9 Å². The number of nitrogens with zero attached hydrogens (tertiary/aromatic N) is 1. The smallest absolute Gasteiger partial charge is 0.247 e. The number of fused-ring (bicyclic) bond motifs is 1. The number of benzene rings is 2. The molecular weight excluding hydrogens is 373 g/mol. The van der Waals surface area contributed by atoms with Gasteiger partial charge in [-0.1, -0.05) is 12.1 Å². The minimum absolute atomic E-state index is 0.0846. The molecule has 1 unspecified atom stereocenters.